The topological polar surface area (TPSA) is 44.5 Å². The van der Waals surface area contributed by atoms with Gasteiger partial charge >= 0.3 is 0 Å². The number of rotatable bonds is 9. The van der Waals surface area contributed by atoms with E-state index in [1.165, 1.54) is 24.0 Å². The molecule has 0 radical (unpaired) electrons. The molecule has 0 amide bonds. The smallest absolute Gasteiger partial charge is 0.122 e. The lowest BCUT2D eigenvalue weighted by Gasteiger charge is -2.14. The fraction of sp³-hybridized carbons (Fsp3) is 0.647. The molecule has 0 spiro atoms. The predicted molar refractivity (Wildman–Crippen MR) is 89.2 cm³/mol. The Morgan fingerprint density at radius 2 is 2.10 bits per heavy atom. The molecule has 2 N–H and O–H groups in total. The average Bonchev–Trinajstić information content (AvgIpc) is 3.21. The van der Waals surface area contributed by atoms with Crippen molar-refractivity contribution in [3.05, 3.63) is 29.3 Å². The number of hydrogen-bond acceptors (Lipinski definition) is 3. The summed E-state index contributed by atoms with van der Waals surface area (Å²) in [7, 11) is 0. The van der Waals surface area contributed by atoms with E-state index in [2.05, 4.69) is 25.1 Å². The van der Waals surface area contributed by atoms with Crippen molar-refractivity contribution >= 4 is 12.4 Å². The third-order valence-electron chi connectivity index (χ3n) is 3.45. The predicted octanol–water partition coefficient (Wildman–Crippen LogP) is 3.71. The van der Waals surface area contributed by atoms with Crippen molar-refractivity contribution in [2.45, 2.75) is 52.2 Å². The summed E-state index contributed by atoms with van der Waals surface area (Å²) in [6.45, 7) is 6.49. The standard InChI is InChI=1S/C17H27NO2.ClH/c1-3-8-20-17-7-6-15(10-16(17)9-13(2)18)12-19-11-14-4-5-14;/h6-7,10,13-14H,3-5,8-9,11-12,18H2,1-2H3;1H. The van der Waals surface area contributed by atoms with Crippen LogP contribution in [-0.4, -0.2) is 19.3 Å². The largest absolute Gasteiger partial charge is 0.493 e. The van der Waals surface area contributed by atoms with E-state index >= 15 is 0 Å². The lowest BCUT2D eigenvalue weighted by Crippen LogP contribution is -2.18. The highest BCUT2D eigenvalue weighted by Crippen LogP contribution is 2.29. The van der Waals surface area contributed by atoms with Crippen LogP contribution in [0.3, 0.4) is 0 Å². The second-order valence-corrected chi connectivity index (χ2v) is 5.93. The molecule has 2 rings (SSSR count). The van der Waals surface area contributed by atoms with Crippen molar-refractivity contribution < 1.29 is 9.47 Å². The quantitative estimate of drug-likeness (QED) is 0.756. The molecule has 1 aromatic carbocycles. The van der Waals surface area contributed by atoms with Gasteiger partial charge in [0.15, 0.2) is 0 Å². The average molecular weight is 314 g/mol. The number of hydrogen-bond donors (Lipinski definition) is 1. The van der Waals surface area contributed by atoms with Gasteiger partial charge in [-0.1, -0.05) is 13.0 Å². The van der Waals surface area contributed by atoms with Gasteiger partial charge in [-0.3, -0.25) is 0 Å². The third-order valence-corrected chi connectivity index (χ3v) is 3.45. The Labute approximate surface area is 134 Å². The molecule has 1 atom stereocenters. The lowest BCUT2D eigenvalue weighted by molar-refractivity contribution is 0.111. The Kier molecular flexibility index (Phi) is 8.09. The van der Waals surface area contributed by atoms with Gasteiger partial charge in [-0.25, -0.2) is 0 Å². The van der Waals surface area contributed by atoms with E-state index in [-0.39, 0.29) is 18.4 Å². The number of benzene rings is 1. The first-order valence-corrected chi connectivity index (χ1v) is 7.77. The van der Waals surface area contributed by atoms with Crippen molar-refractivity contribution in [3.8, 4) is 5.75 Å². The van der Waals surface area contributed by atoms with Crippen LogP contribution in [0.25, 0.3) is 0 Å². The summed E-state index contributed by atoms with van der Waals surface area (Å²) in [5, 5.41) is 0. The van der Waals surface area contributed by atoms with Crippen molar-refractivity contribution in [1.82, 2.24) is 0 Å². The van der Waals surface area contributed by atoms with Crippen LogP contribution >= 0.6 is 12.4 Å². The van der Waals surface area contributed by atoms with Crippen LogP contribution in [0, 0.1) is 5.92 Å². The van der Waals surface area contributed by atoms with Crippen LogP contribution in [0.4, 0.5) is 0 Å². The molecular weight excluding hydrogens is 286 g/mol. The van der Waals surface area contributed by atoms with Crippen LogP contribution in [0.5, 0.6) is 5.75 Å². The molecule has 0 aliphatic heterocycles. The van der Waals surface area contributed by atoms with Crippen molar-refractivity contribution in [2.75, 3.05) is 13.2 Å². The highest BCUT2D eigenvalue weighted by atomic mass is 35.5. The van der Waals surface area contributed by atoms with Gasteiger partial charge in [0, 0.05) is 12.6 Å². The molecule has 120 valence electrons. The number of ether oxygens (including phenoxy) is 2. The summed E-state index contributed by atoms with van der Waals surface area (Å²) in [5.74, 6) is 1.78. The van der Waals surface area contributed by atoms with Gasteiger partial charge in [-0.05, 0) is 61.8 Å². The first-order valence-electron chi connectivity index (χ1n) is 7.77. The molecule has 1 aliphatic rings. The highest BCUT2D eigenvalue weighted by molar-refractivity contribution is 5.85. The minimum atomic E-state index is 0. The zero-order valence-electron chi connectivity index (χ0n) is 13.1. The molecule has 3 nitrogen and oxygen atoms in total. The van der Waals surface area contributed by atoms with E-state index in [1.54, 1.807) is 0 Å². The summed E-state index contributed by atoms with van der Waals surface area (Å²) < 4.78 is 11.6. The zero-order chi connectivity index (χ0) is 14.4. The fourth-order valence-electron chi connectivity index (χ4n) is 2.21. The molecule has 1 unspecified atom stereocenters. The van der Waals surface area contributed by atoms with E-state index in [0.717, 1.165) is 37.7 Å². The Balaban J connectivity index is 0.00000220. The molecule has 1 aromatic rings. The monoisotopic (exact) mass is 313 g/mol. The maximum atomic E-state index is 5.93. The highest BCUT2D eigenvalue weighted by Gasteiger charge is 2.21. The SMILES string of the molecule is CCCOc1ccc(COCC2CC2)cc1CC(C)N.Cl. The van der Waals surface area contributed by atoms with Crippen LogP contribution in [0.2, 0.25) is 0 Å². The van der Waals surface area contributed by atoms with Gasteiger partial charge in [0.05, 0.1) is 13.2 Å². The summed E-state index contributed by atoms with van der Waals surface area (Å²) in [5.41, 5.74) is 8.34. The maximum absolute atomic E-state index is 5.93. The van der Waals surface area contributed by atoms with Gasteiger partial charge in [-0.15, -0.1) is 12.4 Å². The molecule has 21 heavy (non-hydrogen) atoms. The summed E-state index contributed by atoms with van der Waals surface area (Å²) in [6.07, 6.45) is 4.53. The molecule has 0 saturated heterocycles. The van der Waals surface area contributed by atoms with E-state index in [0.29, 0.717) is 6.61 Å². The Hall–Kier alpha value is -0.770. The normalized spacial score (nSPS) is 15.4. The minimum Gasteiger partial charge on any atom is -0.493 e. The van der Waals surface area contributed by atoms with E-state index in [1.807, 2.05) is 6.92 Å². The zero-order valence-corrected chi connectivity index (χ0v) is 14.0. The Morgan fingerprint density at radius 1 is 1.33 bits per heavy atom. The van der Waals surface area contributed by atoms with Gasteiger partial charge in [0.2, 0.25) is 0 Å². The molecule has 1 saturated carbocycles. The van der Waals surface area contributed by atoms with Crippen LogP contribution in [0.1, 0.15) is 44.2 Å². The maximum Gasteiger partial charge on any atom is 0.122 e. The lowest BCUT2D eigenvalue weighted by atomic mass is 10.0. The van der Waals surface area contributed by atoms with Crippen molar-refractivity contribution in [2.24, 2.45) is 11.7 Å². The van der Waals surface area contributed by atoms with E-state index in [4.69, 9.17) is 15.2 Å². The Morgan fingerprint density at radius 3 is 2.71 bits per heavy atom. The molecule has 1 fully saturated rings. The van der Waals surface area contributed by atoms with Crippen molar-refractivity contribution in [3.63, 3.8) is 0 Å². The second kappa shape index (κ2) is 9.29. The van der Waals surface area contributed by atoms with Crippen LogP contribution < -0.4 is 10.5 Å². The van der Waals surface area contributed by atoms with Crippen molar-refractivity contribution in [1.29, 1.82) is 0 Å². The molecule has 0 aromatic heterocycles. The number of halogens is 1. The van der Waals surface area contributed by atoms with Gasteiger partial charge < -0.3 is 15.2 Å². The van der Waals surface area contributed by atoms with Gasteiger partial charge in [0.25, 0.3) is 0 Å². The third kappa shape index (κ3) is 6.68. The second-order valence-electron chi connectivity index (χ2n) is 5.93. The molecular formula is C17H28ClNO2. The first-order chi connectivity index (χ1) is 9.69. The van der Waals surface area contributed by atoms with Crippen LogP contribution in [-0.2, 0) is 17.8 Å². The van der Waals surface area contributed by atoms with Gasteiger partial charge in [0.1, 0.15) is 5.75 Å². The molecule has 4 heteroatoms. The summed E-state index contributed by atoms with van der Waals surface area (Å²) >= 11 is 0. The molecule has 0 bridgehead atoms. The molecule has 0 heterocycles. The van der Waals surface area contributed by atoms with E-state index < -0.39 is 0 Å². The van der Waals surface area contributed by atoms with Gasteiger partial charge in [-0.2, -0.15) is 0 Å². The number of nitrogens with two attached hydrogens (primary N) is 1. The van der Waals surface area contributed by atoms with E-state index in [9.17, 15) is 0 Å². The first kappa shape index (κ1) is 18.3. The fourth-order valence-corrected chi connectivity index (χ4v) is 2.21. The van der Waals surface area contributed by atoms with Crippen LogP contribution in [0.15, 0.2) is 18.2 Å². The summed E-state index contributed by atoms with van der Waals surface area (Å²) in [4.78, 5) is 0. The minimum absolute atomic E-state index is 0. The Bertz CT molecular complexity index is 419. The summed E-state index contributed by atoms with van der Waals surface area (Å²) in [6, 6.07) is 6.48. The molecule has 1 aliphatic carbocycles.